The van der Waals surface area contributed by atoms with Crippen LogP contribution >= 0.6 is 11.3 Å². The van der Waals surface area contributed by atoms with Gasteiger partial charge in [-0.1, -0.05) is 26.8 Å². The monoisotopic (exact) mass is 274 g/mol. The number of hydrogen-bond donors (Lipinski definition) is 0. The Morgan fingerprint density at radius 3 is 2.68 bits per heavy atom. The fourth-order valence-corrected chi connectivity index (χ4v) is 2.75. The van der Waals surface area contributed by atoms with Crippen LogP contribution in [0.5, 0.6) is 0 Å². The molecule has 0 N–H and O–H groups in total. The van der Waals surface area contributed by atoms with Crippen molar-refractivity contribution in [3.8, 4) is 0 Å². The molecule has 0 unspecified atom stereocenters. The minimum Gasteiger partial charge on any atom is -0.299 e. The summed E-state index contributed by atoms with van der Waals surface area (Å²) in [7, 11) is 0. The van der Waals surface area contributed by atoms with Crippen LogP contribution in [0, 0.1) is 0 Å². The summed E-state index contributed by atoms with van der Waals surface area (Å²) in [5.74, 6) is 0.183. The molecule has 0 radical (unpaired) electrons. The molecule has 0 saturated heterocycles. The summed E-state index contributed by atoms with van der Waals surface area (Å²) in [5, 5.41) is 2.95. The zero-order valence-corrected chi connectivity index (χ0v) is 12.3. The molecule has 0 atom stereocenters. The van der Waals surface area contributed by atoms with E-state index in [9.17, 15) is 4.79 Å². The second-order valence-corrected chi connectivity index (χ2v) is 6.57. The maximum Gasteiger partial charge on any atom is 0.144 e. The fraction of sp³-hybridized carbons (Fsp3) is 0.400. The van der Waals surface area contributed by atoms with Gasteiger partial charge in [-0.25, -0.2) is 4.98 Å². The second kappa shape index (κ2) is 5.61. The molecule has 3 nitrogen and oxygen atoms in total. The first-order valence-electron chi connectivity index (χ1n) is 6.30. The van der Waals surface area contributed by atoms with E-state index in [1.54, 1.807) is 23.7 Å². The van der Waals surface area contributed by atoms with Crippen molar-refractivity contribution in [3.63, 3.8) is 0 Å². The summed E-state index contributed by atoms with van der Waals surface area (Å²) in [4.78, 5) is 20.5. The van der Waals surface area contributed by atoms with Gasteiger partial charge in [-0.2, -0.15) is 0 Å². The molecule has 19 heavy (non-hydrogen) atoms. The van der Waals surface area contributed by atoms with Gasteiger partial charge in [0.25, 0.3) is 0 Å². The van der Waals surface area contributed by atoms with Crippen molar-refractivity contribution in [2.75, 3.05) is 0 Å². The van der Waals surface area contributed by atoms with Crippen molar-refractivity contribution >= 4 is 17.1 Å². The third-order valence-electron chi connectivity index (χ3n) is 2.79. The summed E-state index contributed by atoms with van der Waals surface area (Å²) in [5.41, 5.74) is 2.06. The molecule has 2 aromatic rings. The van der Waals surface area contributed by atoms with Crippen LogP contribution in [-0.4, -0.2) is 15.8 Å². The van der Waals surface area contributed by atoms with Gasteiger partial charge in [0.2, 0.25) is 0 Å². The Kier molecular flexibility index (Phi) is 4.10. The van der Waals surface area contributed by atoms with Crippen molar-refractivity contribution < 1.29 is 4.79 Å². The largest absolute Gasteiger partial charge is 0.299 e. The van der Waals surface area contributed by atoms with Crippen molar-refractivity contribution in [2.24, 2.45) is 0 Å². The number of pyridine rings is 1. The number of aromatic nitrogens is 2. The summed E-state index contributed by atoms with van der Waals surface area (Å²) in [6.45, 7) is 6.38. The first-order chi connectivity index (χ1) is 8.95. The zero-order chi connectivity index (χ0) is 13.9. The summed E-state index contributed by atoms with van der Waals surface area (Å²) in [6.07, 6.45) is 4.29. The number of hydrogen-bond acceptors (Lipinski definition) is 4. The Hall–Kier alpha value is -1.55. The van der Waals surface area contributed by atoms with Crippen LogP contribution in [0.4, 0.5) is 0 Å². The molecule has 0 aliphatic rings. The van der Waals surface area contributed by atoms with Crippen LogP contribution in [0.3, 0.4) is 0 Å². The number of ketones is 1. The topological polar surface area (TPSA) is 42.9 Å². The lowest BCUT2D eigenvalue weighted by atomic mass is 9.93. The number of nitrogens with zero attached hydrogens (tertiary/aromatic N) is 2. The molecule has 2 heterocycles. The van der Waals surface area contributed by atoms with Crippen LogP contribution in [0.25, 0.3) is 0 Å². The third-order valence-corrected chi connectivity index (χ3v) is 3.64. The number of rotatable bonds is 4. The lowest BCUT2D eigenvalue weighted by Gasteiger charge is -2.14. The molecule has 0 aliphatic carbocycles. The average Bonchev–Trinajstić information content (AvgIpc) is 2.78. The highest BCUT2D eigenvalue weighted by Crippen LogP contribution is 2.24. The Balaban J connectivity index is 1.98. The van der Waals surface area contributed by atoms with Crippen molar-refractivity contribution in [1.29, 1.82) is 0 Å². The van der Waals surface area contributed by atoms with Crippen LogP contribution in [0.2, 0.25) is 0 Å². The molecule has 0 saturated carbocycles. The van der Waals surface area contributed by atoms with Gasteiger partial charge in [-0.05, 0) is 11.6 Å². The molecule has 0 amide bonds. The van der Waals surface area contributed by atoms with E-state index >= 15 is 0 Å². The summed E-state index contributed by atoms with van der Waals surface area (Å²) >= 11 is 1.57. The van der Waals surface area contributed by atoms with E-state index < -0.39 is 0 Å². The highest BCUT2D eigenvalue weighted by molar-refractivity contribution is 7.09. The first-order valence-corrected chi connectivity index (χ1v) is 7.18. The maximum absolute atomic E-state index is 12.0. The van der Waals surface area contributed by atoms with E-state index in [0.29, 0.717) is 12.8 Å². The minimum atomic E-state index is 0.0428. The fourth-order valence-electron chi connectivity index (χ4n) is 1.70. The predicted molar refractivity (Wildman–Crippen MR) is 77.5 cm³/mol. The molecule has 0 bridgehead atoms. The number of carbonyl (C=O) groups is 1. The average molecular weight is 274 g/mol. The van der Waals surface area contributed by atoms with Gasteiger partial charge < -0.3 is 0 Å². The van der Waals surface area contributed by atoms with E-state index in [0.717, 1.165) is 16.3 Å². The molecule has 0 aromatic carbocycles. The minimum absolute atomic E-state index is 0.0428. The normalized spacial score (nSPS) is 11.5. The number of thiazole rings is 1. The molecule has 0 fully saturated rings. The van der Waals surface area contributed by atoms with Crippen molar-refractivity contribution in [1.82, 2.24) is 9.97 Å². The maximum atomic E-state index is 12.0. The van der Waals surface area contributed by atoms with Crippen LogP contribution < -0.4 is 0 Å². The molecule has 0 spiro atoms. The molecule has 2 aromatic heterocycles. The second-order valence-electron chi connectivity index (χ2n) is 5.63. The van der Waals surface area contributed by atoms with Gasteiger partial charge in [-0.3, -0.25) is 9.78 Å². The van der Waals surface area contributed by atoms with E-state index in [4.69, 9.17) is 0 Å². The Morgan fingerprint density at radius 1 is 1.32 bits per heavy atom. The van der Waals surface area contributed by atoms with Gasteiger partial charge in [-0.15, -0.1) is 11.3 Å². The van der Waals surface area contributed by atoms with Gasteiger partial charge in [0, 0.05) is 29.6 Å². The van der Waals surface area contributed by atoms with Crippen LogP contribution in [-0.2, 0) is 23.1 Å². The zero-order valence-electron chi connectivity index (χ0n) is 11.5. The Morgan fingerprint density at radius 2 is 2.11 bits per heavy atom. The molecular weight excluding hydrogens is 256 g/mol. The number of carbonyl (C=O) groups excluding carboxylic acids is 1. The van der Waals surface area contributed by atoms with Crippen LogP contribution in [0.15, 0.2) is 29.9 Å². The van der Waals surface area contributed by atoms with Gasteiger partial charge in [0.15, 0.2) is 0 Å². The highest BCUT2D eigenvalue weighted by Gasteiger charge is 2.18. The Labute approximate surface area is 117 Å². The summed E-state index contributed by atoms with van der Waals surface area (Å²) < 4.78 is 0. The molecule has 0 aliphatic heterocycles. The molecule has 4 heteroatoms. The van der Waals surface area contributed by atoms with Gasteiger partial charge in [0.05, 0.1) is 12.1 Å². The SMILES string of the molecule is CC(C)(C)c1csc(CC(=O)Cc2cccnc2)n1. The molecule has 100 valence electrons. The van der Waals surface area contributed by atoms with Crippen molar-refractivity contribution in [2.45, 2.75) is 39.0 Å². The van der Waals surface area contributed by atoms with Crippen LogP contribution in [0.1, 0.15) is 37.0 Å². The standard InChI is InChI=1S/C15H18N2OS/c1-15(2,3)13-10-19-14(17-13)8-12(18)7-11-5-4-6-16-9-11/h4-6,9-10H,7-8H2,1-3H3. The number of Topliss-reactive ketones (excluding diaryl/α,β-unsaturated/α-hetero) is 1. The predicted octanol–water partition coefficient (Wildman–Crippen LogP) is 3.19. The smallest absolute Gasteiger partial charge is 0.144 e. The third kappa shape index (κ3) is 3.96. The Bertz CT molecular complexity index is 555. The van der Waals surface area contributed by atoms with E-state index in [1.165, 1.54) is 0 Å². The van der Waals surface area contributed by atoms with Gasteiger partial charge in [0.1, 0.15) is 10.8 Å². The lowest BCUT2D eigenvalue weighted by Crippen LogP contribution is -2.12. The van der Waals surface area contributed by atoms with E-state index in [-0.39, 0.29) is 11.2 Å². The lowest BCUT2D eigenvalue weighted by molar-refractivity contribution is -0.117. The highest BCUT2D eigenvalue weighted by atomic mass is 32.1. The van der Waals surface area contributed by atoms with E-state index in [2.05, 4.69) is 30.7 Å². The molecular formula is C15H18N2OS. The quantitative estimate of drug-likeness (QED) is 0.860. The molecule has 2 rings (SSSR count). The van der Waals surface area contributed by atoms with E-state index in [1.807, 2.05) is 17.5 Å². The first kappa shape index (κ1) is 13.9. The van der Waals surface area contributed by atoms with Gasteiger partial charge >= 0.3 is 0 Å². The van der Waals surface area contributed by atoms with Crippen molar-refractivity contribution in [3.05, 3.63) is 46.2 Å². The summed E-state index contributed by atoms with van der Waals surface area (Å²) in [6, 6.07) is 3.77.